The van der Waals surface area contributed by atoms with Gasteiger partial charge in [0.15, 0.2) is 0 Å². The molecule has 1 aromatic heterocycles. The largest absolute Gasteiger partial charge is 0.381 e. The highest BCUT2D eigenvalue weighted by molar-refractivity contribution is 6.31. The Morgan fingerprint density at radius 1 is 1.35 bits per heavy atom. The van der Waals surface area contributed by atoms with Crippen molar-refractivity contribution in [1.29, 1.82) is 0 Å². The van der Waals surface area contributed by atoms with E-state index in [1.807, 2.05) is 17.9 Å². The molecule has 20 heavy (non-hydrogen) atoms. The number of nitrogens with zero attached hydrogens (tertiary/aromatic N) is 2. The van der Waals surface area contributed by atoms with Crippen LogP contribution in [0.3, 0.4) is 0 Å². The van der Waals surface area contributed by atoms with Crippen LogP contribution in [0.25, 0.3) is 0 Å². The molecule has 1 heterocycles. The van der Waals surface area contributed by atoms with Gasteiger partial charge in [0, 0.05) is 36.5 Å². The van der Waals surface area contributed by atoms with Gasteiger partial charge in [-0.25, -0.2) is 4.39 Å². The Morgan fingerprint density at radius 3 is 2.65 bits per heavy atom. The van der Waals surface area contributed by atoms with Crippen molar-refractivity contribution in [2.24, 2.45) is 7.05 Å². The molecule has 2 rings (SSSR count). The van der Waals surface area contributed by atoms with Gasteiger partial charge in [-0.05, 0) is 18.2 Å². The molecule has 0 aliphatic heterocycles. The van der Waals surface area contributed by atoms with Crippen molar-refractivity contribution in [3.05, 3.63) is 46.5 Å². The maximum Gasteiger partial charge on any atom is 0.141 e. The molecule has 0 bridgehead atoms. The molecule has 0 atom stereocenters. The summed E-state index contributed by atoms with van der Waals surface area (Å²) in [4.78, 5) is 0. The SMILES string of the molecule is Cn1cc(CNc2ccc(F)c(Cl)c2)c(C(C)(C)C)n1. The normalized spacial score (nSPS) is 11.7. The summed E-state index contributed by atoms with van der Waals surface area (Å²) in [7, 11) is 1.91. The molecule has 0 aliphatic carbocycles. The smallest absolute Gasteiger partial charge is 0.141 e. The molecule has 2 aromatic rings. The molecule has 1 aromatic carbocycles. The number of rotatable bonds is 3. The third-order valence-electron chi connectivity index (χ3n) is 3.02. The van der Waals surface area contributed by atoms with Gasteiger partial charge in [-0.1, -0.05) is 32.4 Å². The fraction of sp³-hybridized carbons (Fsp3) is 0.400. The van der Waals surface area contributed by atoms with Crippen molar-refractivity contribution < 1.29 is 4.39 Å². The number of halogens is 2. The maximum atomic E-state index is 13.1. The fourth-order valence-corrected chi connectivity index (χ4v) is 2.28. The molecule has 0 saturated carbocycles. The first-order valence-corrected chi connectivity index (χ1v) is 6.87. The summed E-state index contributed by atoms with van der Waals surface area (Å²) in [5.74, 6) is -0.408. The number of hydrogen-bond acceptors (Lipinski definition) is 2. The molecule has 0 unspecified atom stereocenters. The quantitative estimate of drug-likeness (QED) is 0.923. The Morgan fingerprint density at radius 2 is 2.05 bits per heavy atom. The summed E-state index contributed by atoms with van der Waals surface area (Å²) in [5, 5.41) is 7.89. The standard InChI is InChI=1S/C15H19ClFN3/c1-15(2,3)14-10(9-20(4)19-14)8-18-11-5-6-13(17)12(16)7-11/h5-7,9,18H,8H2,1-4H3. The molecule has 0 saturated heterocycles. The number of benzene rings is 1. The molecular weight excluding hydrogens is 277 g/mol. The van der Waals surface area contributed by atoms with E-state index in [9.17, 15) is 4.39 Å². The van der Waals surface area contributed by atoms with Gasteiger partial charge in [-0.3, -0.25) is 4.68 Å². The predicted molar refractivity (Wildman–Crippen MR) is 80.6 cm³/mol. The van der Waals surface area contributed by atoms with Gasteiger partial charge in [-0.15, -0.1) is 0 Å². The number of aryl methyl sites for hydroxylation is 1. The lowest BCUT2D eigenvalue weighted by Crippen LogP contribution is -2.16. The lowest BCUT2D eigenvalue weighted by Gasteiger charge is -2.18. The van der Waals surface area contributed by atoms with Gasteiger partial charge in [0.2, 0.25) is 0 Å². The maximum absolute atomic E-state index is 13.1. The third kappa shape index (κ3) is 3.31. The first-order chi connectivity index (χ1) is 9.27. The summed E-state index contributed by atoms with van der Waals surface area (Å²) in [5.41, 5.74) is 2.96. The Hall–Kier alpha value is -1.55. The van der Waals surface area contributed by atoms with E-state index >= 15 is 0 Å². The predicted octanol–water partition coefficient (Wildman–Crippen LogP) is 4.12. The lowest BCUT2D eigenvalue weighted by atomic mass is 9.89. The van der Waals surface area contributed by atoms with E-state index in [-0.39, 0.29) is 10.4 Å². The average molecular weight is 296 g/mol. The van der Waals surface area contributed by atoms with Crippen molar-refractivity contribution in [2.75, 3.05) is 5.32 Å². The summed E-state index contributed by atoms with van der Waals surface area (Å²) < 4.78 is 14.9. The molecule has 1 N–H and O–H groups in total. The van der Waals surface area contributed by atoms with Crippen LogP contribution >= 0.6 is 11.6 Å². The van der Waals surface area contributed by atoms with Gasteiger partial charge in [-0.2, -0.15) is 5.10 Å². The van der Waals surface area contributed by atoms with Gasteiger partial charge < -0.3 is 5.32 Å². The molecule has 5 heteroatoms. The highest BCUT2D eigenvalue weighted by Crippen LogP contribution is 2.25. The second-order valence-electron chi connectivity index (χ2n) is 5.91. The van der Waals surface area contributed by atoms with E-state index in [0.29, 0.717) is 6.54 Å². The van der Waals surface area contributed by atoms with E-state index in [4.69, 9.17) is 11.6 Å². The summed E-state index contributed by atoms with van der Waals surface area (Å²) in [6, 6.07) is 4.62. The molecular formula is C15H19ClFN3. The van der Waals surface area contributed by atoms with E-state index < -0.39 is 5.82 Å². The van der Waals surface area contributed by atoms with E-state index in [1.165, 1.54) is 6.07 Å². The lowest BCUT2D eigenvalue weighted by molar-refractivity contribution is 0.549. The first kappa shape index (κ1) is 14.9. The molecule has 0 radical (unpaired) electrons. The van der Waals surface area contributed by atoms with Crippen molar-refractivity contribution in [3.63, 3.8) is 0 Å². The number of nitrogens with one attached hydrogen (secondary N) is 1. The average Bonchev–Trinajstić information content (AvgIpc) is 2.72. The van der Waals surface area contributed by atoms with Crippen LogP contribution < -0.4 is 5.32 Å². The first-order valence-electron chi connectivity index (χ1n) is 6.49. The zero-order valence-corrected chi connectivity index (χ0v) is 12.9. The van der Waals surface area contributed by atoms with Gasteiger partial charge in [0.25, 0.3) is 0 Å². The molecule has 0 spiro atoms. The number of hydrogen-bond donors (Lipinski definition) is 1. The van der Waals surface area contributed by atoms with E-state index in [0.717, 1.165) is 16.9 Å². The molecule has 0 aliphatic rings. The van der Waals surface area contributed by atoms with Crippen LogP contribution in [0.4, 0.5) is 10.1 Å². The van der Waals surface area contributed by atoms with Crippen LogP contribution in [0.1, 0.15) is 32.0 Å². The van der Waals surface area contributed by atoms with Crippen molar-refractivity contribution >= 4 is 17.3 Å². The number of aromatic nitrogens is 2. The summed E-state index contributed by atoms with van der Waals surface area (Å²) in [6.07, 6.45) is 2.00. The van der Waals surface area contributed by atoms with Crippen LogP contribution in [-0.4, -0.2) is 9.78 Å². The minimum atomic E-state index is -0.408. The zero-order valence-electron chi connectivity index (χ0n) is 12.2. The Balaban J connectivity index is 2.17. The van der Waals surface area contributed by atoms with E-state index in [2.05, 4.69) is 31.2 Å². The molecule has 3 nitrogen and oxygen atoms in total. The second-order valence-corrected chi connectivity index (χ2v) is 6.32. The highest BCUT2D eigenvalue weighted by atomic mass is 35.5. The van der Waals surface area contributed by atoms with Gasteiger partial charge >= 0.3 is 0 Å². The fourth-order valence-electron chi connectivity index (χ4n) is 2.10. The topological polar surface area (TPSA) is 29.9 Å². The molecule has 108 valence electrons. The Bertz CT molecular complexity index is 614. The third-order valence-corrected chi connectivity index (χ3v) is 3.31. The van der Waals surface area contributed by atoms with Crippen LogP contribution in [0.2, 0.25) is 5.02 Å². The number of anilines is 1. The second kappa shape index (κ2) is 5.44. The van der Waals surface area contributed by atoms with Crippen LogP contribution in [-0.2, 0) is 19.0 Å². The van der Waals surface area contributed by atoms with Crippen LogP contribution in [0.15, 0.2) is 24.4 Å². The van der Waals surface area contributed by atoms with E-state index in [1.54, 1.807) is 12.1 Å². The summed E-state index contributed by atoms with van der Waals surface area (Å²) in [6.45, 7) is 7.02. The Kier molecular flexibility index (Phi) is 4.04. The Labute approximate surface area is 123 Å². The molecule has 0 amide bonds. The van der Waals surface area contributed by atoms with Crippen molar-refractivity contribution in [3.8, 4) is 0 Å². The zero-order chi connectivity index (χ0) is 14.9. The van der Waals surface area contributed by atoms with Crippen molar-refractivity contribution in [2.45, 2.75) is 32.7 Å². The van der Waals surface area contributed by atoms with Crippen LogP contribution in [0.5, 0.6) is 0 Å². The highest BCUT2D eigenvalue weighted by Gasteiger charge is 2.21. The van der Waals surface area contributed by atoms with Crippen LogP contribution in [0, 0.1) is 5.82 Å². The minimum absolute atomic E-state index is 0.0152. The summed E-state index contributed by atoms with van der Waals surface area (Å²) >= 11 is 5.77. The molecule has 0 fully saturated rings. The van der Waals surface area contributed by atoms with Crippen molar-refractivity contribution in [1.82, 2.24) is 9.78 Å². The van der Waals surface area contributed by atoms with Gasteiger partial charge in [0.1, 0.15) is 5.82 Å². The van der Waals surface area contributed by atoms with Gasteiger partial charge in [0.05, 0.1) is 10.7 Å². The minimum Gasteiger partial charge on any atom is -0.381 e. The monoisotopic (exact) mass is 295 g/mol.